The first-order chi connectivity index (χ1) is 30.8. The second-order valence-electron chi connectivity index (χ2n) is 15.0. The Labute approximate surface area is 363 Å². The van der Waals surface area contributed by atoms with E-state index in [0.717, 1.165) is 24.3 Å². The first kappa shape index (κ1) is 43.1. The van der Waals surface area contributed by atoms with Crippen LogP contribution in [0.15, 0.2) is 119 Å². The van der Waals surface area contributed by atoms with Gasteiger partial charge >= 0.3 is 12.4 Å². The normalized spacial score (nSPS) is 14.9. The van der Waals surface area contributed by atoms with E-state index in [1.54, 1.807) is 60.7 Å². The highest BCUT2D eigenvalue weighted by atomic mass is 19.4. The van der Waals surface area contributed by atoms with Crippen molar-refractivity contribution in [2.24, 2.45) is 9.98 Å². The summed E-state index contributed by atoms with van der Waals surface area (Å²) < 4.78 is 95.0. The summed E-state index contributed by atoms with van der Waals surface area (Å²) in [7, 11) is 0. The van der Waals surface area contributed by atoms with E-state index in [9.17, 15) is 35.9 Å². The van der Waals surface area contributed by atoms with Crippen molar-refractivity contribution in [1.82, 2.24) is 0 Å². The van der Waals surface area contributed by atoms with Gasteiger partial charge in [-0.1, -0.05) is 73.2 Å². The zero-order valence-electron chi connectivity index (χ0n) is 33.9. The second-order valence-corrected chi connectivity index (χ2v) is 15.0. The lowest BCUT2D eigenvalue weighted by Gasteiger charge is -2.19. The Bertz CT molecular complexity index is 2780. The summed E-state index contributed by atoms with van der Waals surface area (Å²) in [6, 6.07) is 27.2. The molecule has 14 heteroatoms. The SMILES string of the molecule is C#CCOc1cccc2c(/N=C3/C(=O)N(CCCCCCN4C(=O)/C(=N/c5cccc6c(OCC#C)cccc56)c5ccc(C(F)(F)F)cc54)c4cc(C(F)(F)F)ccc43)cccc12. The van der Waals surface area contributed by atoms with Crippen LogP contribution in [0.25, 0.3) is 21.5 Å². The van der Waals surface area contributed by atoms with Crippen LogP contribution in [0.4, 0.5) is 49.1 Å². The van der Waals surface area contributed by atoms with Gasteiger partial charge in [-0.3, -0.25) is 9.59 Å². The van der Waals surface area contributed by atoms with Crippen LogP contribution in [-0.4, -0.2) is 49.5 Å². The number of terminal acetylenes is 2. The maximum absolute atomic E-state index is 14.0. The average molecular weight is 871 g/mol. The molecular weight excluding hydrogens is 835 g/mol. The molecule has 0 spiro atoms. The molecule has 64 heavy (non-hydrogen) atoms. The van der Waals surface area contributed by atoms with Gasteiger partial charge in [0, 0.05) is 45.8 Å². The van der Waals surface area contributed by atoms with Gasteiger partial charge < -0.3 is 19.3 Å². The minimum atomic E-state index is -4.67. The largest absolute Gasteiger partial charge is 0.480 e. The summed E-state index contributed by atoms with van der Waals surface area (Å²) >= 11 is 0. The standard InChI is InChI=1S/C50H36F6N4O4/c1-3-27-63-43-19-11-13-33-35(43)15-9-17-39(33)57-45-37-23-21-31(49(51,52)53)29-41(37)59(47(45)61)25-7-5-6-8-26-60-42-30-32(50(54,55)56)22-24-38(42)46(48(60)62)58-40-18-10-16-36-34(40)14-12-20-44(36)64-28-4-2/h1-2,9-24,29-30H,5-8,25-28H2/b57-45+,58-46+. The van der Waals surface area contributed by atoms with Crippen LogP contribution >= 0.6 is 0 Å². The molecule has 2 aliphatic rings. The molecule has 8 rings (SSSR count). The first-order valence-corrected chi connectivity index (χ1v) is 20.2. The van der Waals surface area contributed by atoms with E-state index in [-0.39, 0.29) is 60.2 Å². The smallest absolute Gasteiger partial charge is 0.416 e. The molecule has 0 N–H and O–H groups in total. The fourth-order valence-corrected chi connectivity index (χ4v) is 7.98. The number of hydrogen-bond acceptors (Lipinski definition) is 6. The number of benzene rings is 6. The lowest BCUT2D eigenvalue weighted by molar-refractivity contribution is -0.138. The third-order valence-corrected chi connectivity index (χ3v) is 11.0. The molecule has 0 bridgehead atoms. The minimum Gasteiger partial charge on any atom is -0.480 e. The van der Waals surface area contributed by atoms with Crippen molar-refractivity contribution < 1.29 is 45.4 Å². The lowest BCUT2D eigenvalue weighted by Crippen LogP contribution is -2.31. The van der Waals surface area contributed by atoms with Crippen molar-refractivity contribution in [3.63, 3.8) is 0 Å². The maximum atomic E-state index is 14.0. The number of rotatable bonds is 13. The molecule has 8 nitrogen and oxygen atoms in total. The van der Waals surface area contributed by atoms with Gasteiger partial charge in [0.25, 0.3) is 11.8 Å². The summed E-state index contributed by atoms with van der Waals surface area (Å²) in [6.07, 6.45) is 3.11. The average Bonchev–Trinajstić information content (AvgIpc) is 3.69. The highest BCUT2D eigenvalue weighted by Gasteiger charge is 2.40. The number of fused-ring (bicyclic) bond motifs is 4. The van der Waals surface area contributed by atoms with Crippen molar-refractivity contribution in [3.8, 4) is 36.2 Å². The number of nitrogens with zero attached hydrogens (tertiary/aromatic N) is 4. The van der Waals surface area contributed by atoms with Crippen molar-refractivity contribution in [1.29, 1.82) is 0 Å². The van der Waals surface area contributed by atoms with Crippen molar-refractivity contribution in [2.75, 3.05) is 36.1 Å². The monoisotopic (exact) mass is 870 g/mol. The van der Waals surface area contributed by atoms with Gasteiger partial charge in [0.15, 0.2) is 0 Å². The molecule has 322 valence electrons. The number of hydrogen-bond donors (Lipinski definition) is 0. The van der Waals surface area contributed by atoms with Crippen LogP contribution in [0.3, 0.4) is 0 Å². The molecule has 6 aromatic carbocycles. The van der Waals surface area contributed by atoms with Crippen LogP contribution < -0.4 is 19.3 Å². The zero-order chi connectivity index (χ0) is 45.2. The Hall–Kier alpha value is -7.58. The third kappa shape index (κ3) is 8.47. The predicted molar refractivity (Wildman–Crippen MR) is 235 cm³/mol. The van der Waals surface area contributed by atoms with Crippen LogP contribution in [0, 0.1) is 24.7 Å². The van der Waals surface area contributed by atoms with Gasteiger partial charge in [0.1, 0.15) is 36.1 Å². The minimum absolute atomic E-state index is 0.0192. The number of alkyl halides is 6. The lowest BCUT2D eigenvalue weighted by atomic mass is 10.1. The fourth-order valence-electron chi connectivity index (χ4n) is 7.98. The molecule has 0 saturated heterocycles. The molecule has 0 unspecified atom stereocenters. The number of ether oxygens (including phenoxy) is 2. The number of anilines is 2. The molecule has 2 heterocycles. The van der Waals surface area contributed by atoms with Crippen LogP contribution in [-0.2, 0) is 21.9 Å². The van der Waals surface area contributed by atoms with E-state index in [1.807, 2.05) is 12.1 Å². The topological polar surface area (TPSA) is 83.8 Å². The molecule has 0 atom stereocenters. The Morgan fingerprint density at radius 1 is 0.516 bits per heavy atom. The third-order valence-electron chi connectivity index (χ3n) is 11.0. The fraction of sp³-hybridized carbons (Fsp3) is 0.200. The van der Waals surface area contributed by atoms with E-state index < -0.39 is 35.3 Å². The molecule has 2 aliphatic heterocycles. The molecular formula is C50H36F6N4O4. The second kappa shape index (κ2) is 17.7. The molecule has 0 aromatic heterocycles. The van der Waals surface area contributed by atoms with Gasteiger partial charge in [-0.15, -0.1) is 12.8 Å². The summed E-state index contributed by atoms with van der Waals surface area (Å²) in [5.74, 6) is 4.72. The number of unbranched alkanes of at least 4 members (excludes halogenated alkanes) is 3. The van der Waals surface area contributed by atoms with E-state index in [0.29, 0.717) is 70.1 Å². The summed E-state index contributed by atoms with van der Waals surface area (Å²) in [5, 5.41) is 2.66. The van der Waals surface area contributed by atoms with Crippen LogP contribution in [0.2, 0.25) is 0 Å². The van der Waals surface area contributed by atoms with E-state index >= 15 is 0 Å². The van der Waals surface area contributed by atoms with E-state index in [2.05, 4.69) is 11.8 Å². The van der Waals surface area contributed by atoms with Gasteiger partial charge in [-0.2, -0.15) is 26.3 Å². The molecule has 0 fully saturated rings. The number of amides is 2. The summed E-state index contributed by atoms with van der Waals surface area (Å²) in [6.45, 7) is 0.179. The summed E-state index contributed by atoms with van der Waals surface area (Å²) in [4.78, 5) is 40.0. The quantitative estimate of drug-likeness (QED) is 0.0657. The highest BCUT2D eigenvalue weighted by Crippen LogP contribution is 2.41. The molecule has 2 amide bonds. The van der Waals surface area contributed by atoms with Crippen LogP contribution in [0.1, 0.15) is 47.9 Å². The zero-order valence-corrected chi connectivity index (χ0v) is 33.9. The molecule has 6 aromatic rings. The first-order valence-electron chi connectivity index (χ1n) is 20.2. The van der Waals surface area contributed by atoms with Gasteiger partial charge in [0.05, 0.1) is 33.9 Å². The highest BCUT2D eigenvalue weighted by molar-refractivity contribution is 6.55. The molecule has 0 radical (unpaired) electrons. The Morgan fingerprint density at radius 2 is 0.906 bits per heavy atom. The Kier molecular flexibility index (Phi) is 11.9. The number of carbonyl (C=O) groups excluding carboxylic acids is 2. The number of halogens is 6. The van der Waals surface area contributed by atoms with Crippen molar-refractivity contribution in [3.05, 3.63) is 131 Å². The van der Waals surface area contributed by atoms with Gasteiger partial charge in [0.2, 0.25) is 0 Å². The van der Waals surface area contributed by atoms with E-state index in [1.165, 1.54) is 21.9 Å². The van der Waals surface area contributed by atoms with Crippen molar-refractivity contribution in [2.45, 2.75) is 38.0 Å². The molecule has 0 saturated carbocycles. The summed E-state index contributed by atoms with van der Waals surface area (Å²) in [5.41, 5.74) is -0.416. The Balaban J connectivity index is 1.000. The maximum Gasteiger partial charge on any atom is 0.416 e. The number of carbonyl (C=O) groups is 2. The van der Waals surface area contributed by atoms with Crippen LogP contribution in [0.5, 0.6) is 11.5 Å². The van der Waals surface area contributed by atoms with Crippen molar-refractivity contribution >= 4 is 67.5 Å². The predicted octanol–water partition coefficient (Wildman–Crippen LogP) is 11.2. The Morgan fingerprint density at radius 3 is 1.30 bits per heavy atom. The molecule has 0 aliphatic carbocycles. The van der Waals surface area contributed by atoms with E-state index in [4.69, 9.17) is 32.3 Å². The van der Waals surface area contributed by atoms with Gasteiger partial charge in [-0.05, 0) is 73.5 Å². The van der Waals surface area contributed by atoms with Gasteiger partial charge in [-0.25, -0.2) is 9.98 Å². The number of aliphatic imine (C=N–C) groups is 2.